The second-order valence-corrected chi connectivity index (χ2v) is 2.54. The molecule has 3 nitrogen and oxygen atoms in total. The summed E-state index contributed by atoms with van der Waals surface area (Å²) in [6.07, 6.45) is 0.794. The molecule has 0 aliphatic carbocycles. The fourth-order valence-electron chi connectivity index (χ4n) is 0.883. The molecule has 0 atom stereocenters. The summed E-state index contributed by atoms with van der Waals surface area (Å²) in [6, 6.07) is 0.617. The number of Topliss-reactive ketones (excluding diaryl/α,β-unsaturated/α-hetero) is 1. The van der Waals surface area contributed by atoms with Gasteiger partial charge in [0, 0.05) is 12.7 Å². The molecule has 0 unspecified atom stereocenters. The van der Waals surface area contributed by atoms with Crippen LogP contribution in [0.15, 0.2) is 12.3 Å². The lowest BCUT2D eigenvalue weighted by molar-refractivity contribution is 0.0773. The van der Waals surface area contributed by atoms with Crippen LogP contribution in [0.2, 0.25) is 0 Å². The van der Waals surface area contributed by atoms with Crippen molar-refractivity contribution in [3.8, 4) is 0 Å². The van der Waals surface area contributed by atoms with Gasteiger partial charge in [-0.25, -0.2) is 13.8 Å². The van der Waals surface area contributed by atoms with E-state index < -0.39 is 17.4 Å². The van der Waals surface area contributed by atoms with Crippen molar-refractivity contribution in [1.82, 2.24) is 4.98 Å². The molecule has 0 aromatic carbocycles. The minimum atomic E-state index is -0.963. The second-order valence-electron chi connectivity index (χ2n) is 2.54. The standard InChI is InChI=1S/C9H9F2NO2/c1-2-14-5-8(13)9-7(11)3-6(10)4-12-9/h3-4H,2,5H2,1H3. The lowest BCUT2D eigenvalue weighted by atomic mass is 10.2. The lowest BCUT2D eigenvalue weighted by Crippen LogP contribution is -2.13. The zero-order valence-corrected chi connectivity index (χ0v) is 7.59. The van der Waals surface area contributed by atoms with E-state index in [1.54, 1.807) is 6.92 Å². The summed E-state index contributed by atoms with van der Waals surface area (Å²) in [4.78, 5) is 14.5. The quantitative estimate of drug-likeness (QED) is 0.694. The molecule has 0 N–H and O–H groups in total. The molecule has 0 amide bonds. The van der Waals surface area contributed by atoms with Gasteiger partial charge in [-0.2, -0.15) is 0 Å². The maximum absolute atomic E-state index is 12.9. The molecule has 1 heterocycles. The molecular formula is C9H9F2NO2. The van der Waals surface area contributed by atoms with Gasteiger partial charge in [0.1, 0.15) is 18.1 Å². The number of hydrogen-bond acceptors (Lipinski definition) is 3. The fraction of sp³-hybridized carbons (Fsp3) is 0.333. The molecule has 1 aromatic heterocycles. The Morgan fingerprint density at radius 1 is 1.57 bits per heavy atom. The highest BCUT2D eigenvalue weighted by atomic mass is 19.1. The molecule has 0 aliphatic heterocycles. The highest BCUT2D eigenvalue weighted by Crippen LogP contribution is 2.06. The summed E-state index contributed by atoms with van der Waals surface area (Å²) in [5, 5.41) is 0. The summed E-state index contributed by atoms with van der Waals surface area (Å²) in [7, 11) is 0. The Balaban J connectivity index is 2.80. The Hall–Kier alpha value is -1.36. The molecule has 5 heteroatoms. The Morgan fingerprint density at radius 2 is 2.29 bits per heavy atom. The minimum Gasteiger partial charge on any atom is -0.374 e. The van der Waals surface area contributed by atoms with Gasteiger partial charge < -0.3 is 4.74 Å². The van der Waals surface area contributed by atoms with Crippen LogP contribution < -0.4 is 0 Å². The highest BCUT2D eigenvalue weighted by molar-refractivity contribution is 5.95. The average Bonchev–Trinajstić information content (AvgIpc) is 2.14. The van der Waals surface area contributed by atoms with Crippen LogP contribution in [0.3, 0.4) is 0 Å². The number of hydrogen-bond donors (Lipinski definition) is 0. The zero-order chi connectivity index (χ0) is 10.6. The number of nitrogens with zero attached hydrogens (tertiary/aromatic N) is 1. The monoisotopic (exact) mass is 201 g/mol. The zero-order valence-electron chi connectivity index (χ0n) is 7.59. The minimum absolute atomic E-state index is 0.244. The van der Waals surface area contributed by atoms with Gasteiger partial charge in [-0.05, 0) is 6.92 Å². The summed E-state index contributed by atoms with van der Waals surface area (Å²) in [5.41, 5.74) is -0.389. The number of ether oxygens (including phenoxy) is 1. The Bertz CT molecular complexity index is 342. The number of carbonyl (C=O) groups excluding carboxylic acids is 1. The Morgan fingerprint density at radius 3 is 2.86 bits per heavy atom. The summed E-state index contributed by atoms with van der Waals surface area (Å²) >= 11 is 0. The van der Waals surface area contributed by atoms with Crippen LogP contribution in [0, 0.1) is 11.6 Å². The number of ketones is 1. The second kappa shape index (κ2) is 4.76. The molecule has 76 valence electrons. The van der Waals surface area contributed by atoms with Crippen LogP contribution >= 0.6 is 0 Å². The summed E-state index contributed by atoms with van der Waals surface area (Å²) < 4.78 is 30.2. The summed E-state index contributed by atoms with van der Waals surface area (Å²) in [5.74, 6) is -2.37. The van der Waals surface area contributed by atoms with Crippen LogP contribution in [0.4, 0.5) is 8.78 Å². The SMILES string of the molecule is CCOCC(=O)c1ncc(F)cc1F. The van der Waals surface area contributed by atoms with Gasteiger partial charge in [-0.3, -0.25) is 4.79 Å². The normalized spacial score (nSPS) is 10.2. The van der Waals surface area contributed by atoms with Crippen LogP contribution in [-0.4, -0.2) is 24.0 Å². The third kappa shape index (κ3) is 2.56. The van der Waals surface area contributed by atoms with E-state index in [0.29, 0.717) is 12.7 Å². The molecule has 0 radical (unpaired) electrons. The number of halogens is 2. The largest absolute Gasteiger partial charge is 0.374 e. The number of carbonyl (C=O) groups is 1. The van der Waals surface area contributed by atoms with Gasteiger partial charge in [-0.1, -0.05) is 0 Å². The van der Waals surface area contributed by atoms with Gasteiger partial charge in [0.05, 0.1) is 6.20 Å². The van der Waals surface area contributed by atoms with Crippen LogP contribution in [-0.2, 0) is 4.74 Å². The van der Waals surface area contributed by atoms with Gasteiger partial charge in [0.2, 0.25) is 5.78 Å². The molecule has 0 spiro atoms. The summed E-state index contributed by atoms with van der Waals surface area (Å²) in [6.45, 7) is 1.82. The van der Waals surface area contributed by atoms with Crippen molar-refractivity contribution in [3.63, 3.8) is 0 Å². The van der Waals surface area contributed by atoms with Crippen molar-refractivity contribution in [3.05, 3.63) is 29.6 Å². The molecule has 0 fully saturated rings. The fourth-order valence-corrected chi connectivity index (χ4v) is 0.883. The number of aromatic nitrogens is 1. The smallest absolute Gasteiger partial charge is 0.209 e. The maximum Gasteiger partial charge on any atom is 0.209 e. The molecule has 1 rings (SSSR count). The van der Waals surface area contributed by atoms with E-state index in [-0.39, 0.29) is 12.3 Å². The van der Waals surface area contributed by atoms with Crippen molar-refractivity contribution in [2.75, 3.05) is 13.2 Å². The number of rotatable bonds is 4. The van der Waals surface area contributed by atoms with Crippen molar-refractivity contribution in [2.24, 2.45) is 0 Å². The van der Waals surface area contributed by atoms with E-state index in [4.69, 9.17) is 4.74 Å². The van der Waals surface area contributed by atoms with E-state index in [0.717, 1.165) is 6.20 Å². The van der Waals surface area contributed by atoms with Crippen molar-refractivity contribution in [1.29, 1.82) is 0 Å². The molecule has 0 bridgehead atoms. The Kier molecular flexibility index (Phi) is 3.64. The van der Waals surface area contributed by atoms with E-state index in [1.807, 2.05) is 0 Å². The lowest BCUT2D eigenvalue weighted by Gasteiger charge is -2.01. The highest BCUT2D eigenvalue weighted by Gasteiger charge is 2.13. The topological polar surface area (TPSA) is 39.2 Å². The first-order valence-electron chi connectivity index (χ1n) is 4.07. The molecule has 14 heavy (non-hydrogen) atoms. The van der Waals surface area contributed by atoms with E-state index >= 15 is 0 Å². The number of pyridine rings is 1. The molecule has 0 saturated heterocycles. The first-order valence-corrected chi connectivity index (χ1v) is 4.07. The first-order chi connectivity index (χ1) is 6.65. The van der Waals surface area contributed by atoms with E-state index in [2.05, 4.69) is 4.98 Å². The maximum atomic E-state index is 12.9. The van der Waals surface area contributed by atoms with Crippen LogP contribution in [0.1, 0.15) is 17.4 Å². The van der Waals surface area contributed by atoms with Crippen molar-refractivity contribution >= 4 is 5.78 Å². The van der Waals surface area contributed by atoms with E-state index in [1.165, 1.54) is 0 Å². The molecule has 0 aliphatic rings. The molecule has 1 aromatic rings. The predicted molar refractivity (Wildman–Crippen MR) is 45.0 cm³/mol. The third-order valence-electron chi connectivity index (χ3n) is 1.51. The molecule has 0 saturated carbocycles. The average molecular weight is 201 g/mol. The van der Waals surface area contributed by atoms with Gasteiger partial charge in [0.15, 0.2) is 5.82 Å². The van der Waals surface area contributed by atoms with Crippen LogP contribution in [0.5, 0.6) is 0 Å². The third-order valence-corrected chi connectivity index (χ3v) is 1.51. The van der Waals surface area contributed by atoms with Gasteiger partial charge in [-0.15, -0.1) is 0 Å². The van der Waals surface area contributed by atoms with Gasteiger partial charge in [0.25, 0.3) is 0 Å². The molecular weight excluding hydrogens is 192 g/mol. The predicted octanol–water partition coefficient (Wildman–Crippen LogP) is 1.58. The van der Waals surface area contributed by atoms with Crippen molar-refractivity contribution < 1.29 is 18.3 Å². The van der Waals surface area contributed by atoms with E-state index in [9.17, 15) is 13.6 Å². The van der Waals surface area contributed by atoms with Crippen molar-refractivity contribution in [2.45, 2.75) is 6.92 Å². The van der Waals surface area contributed by atoms with Gasteiger partial charge >= 0.3 is 0 Å². The first kappa shape index (κ1) is 10.7. The van der Waals surface area contributed by atoms with Crippen LogP contribution in [0.25, 0.3) is 0 Å². The Labute approximate surface area is 79.7 Å².